The van der Waals surface area contributed by atoms with Crippen LogP contribution in [-0.2, 0) is 4.79 Å². The van der Waals surface area contributed by atoms with E-state index in [0.717, 1.165) is 16.5 Å². The van der Waals surface area contributed by atoms with Gasteiger partial charge < -0.3 is 15.3 Å². The Hall–Kier alpha value is -4.76. The fourth-order valence-corrected chi connectivity index (χ4v) is 5.19. The Bertz CT molecular complexity index is 1570. The quantitative estimate of drug-likeness (QED) is 0.248. The standard InChI is InChI=1S/C31H28N4O5/c36-28(22-5-2-1-3-6-22)31(14-15-31)29(37)33-24-10-12-25(13-11-24)40-34-17-18-35(30(38)39)27(20-34)23-9-8-21-7-4-16-32-26(21)19-23/h1-13,16,19,27H,14-15,17-18,20H2,(H,33,37)(H,38,39). The molecule has 1 saturated heterocycles. The highest BCUT2D eigenvalue weighted by Gasteiger charge is 2.56. The number of rotatable bonds is 7. The second kappa shape index (κ2) is 10.4. The average molecular weight is 537 g/mol. The molecule has 0 radical (unpaired) electrons. The number of anilines is 1. The van der Waals surface area contributed by atoms with Gasteiger partial charge in [-0.2, -0.15) is 0 Å². The maximum atomic E-state index is 13.0. The van der Waals surface area contributed by atoms with Gasteiger partial charge in [-0.1, -0.05) is 48.5 Å². The Morgan fingerprint density at radius 1 is 0.925 bits per heavy atom. The molecule has 9 heteroatoms. The highest BCUT2D eigenvalue weighted by Crippen LogP contribution is 2.49. The molecule has 4 aromatic rings. The number of nitrogens with one attached hydrogen (secondary N) is 1. The molecule has 2 aliphatic rings. The van der Waals surface area contributed by atoms with Crippen LogP contribution in [0.2, 0.25) is 0 Å². The minimum Gasteiger partial charge on any atom is -0.465 e. The molecule has 2 N–H and O–H groups in total. The van der Waals surface area contributed by atoms with Crippen molar-refractivity contribution >= 4 is 34.4 Å². The van der Waals surface area contributed by atoms with Crippen LogP contribution < -0.4 is 10.2 Å². The van der Waals surface area contributed by atoms with Crippen molar-refractivity contribution in [1.82, 2.24) is 14.9 Å². The second-order valence-electron chi connectivity index (χ2n) is 10.2. The molecule has 2 heterocycles. The maximum absolute atomic E-state index is 13.0. The molecule has 6 rings (SSSR count). The first-order valence-electron chi connectivity index (χ1n) is 13.2. The molecule has 1 unspecified atom stereocenters. The molecule has 9 nitrogen and oxygen atoms in total. The molecular weight excluding hydrogens is 508 g/mol. The number of hydrogen-bond acceptors (Lipinski definition) is 6. The number of carbonyl (C=O) groups excluding carboxylic acids is 2. The van der Waals surface area contributed by atoms with Crippen LogP contribution in [0, 0.1) is 5.41 Å². The summed E-state index contributed by atoms with van der Waals surface area (Å²) in [5.74, 6) is 0.109. The van der Waals surface area contributed by atoms with Gasteiger partial charge in [0.25, 0.3) is 0 Å². The topological polar surface area (TPSA) is 112 Å². The van der Waals surface area contributed by atoms with Gasteiger partial charge in [-0.3, -0.25) is 19.5 Å². The summed E-state index contributed by atoms with van der Waals surface area (Å²) in [7, 11) is 0. The Morgan fingerprint density at radius 2 is 1.70 bits per heavy atom. The summed E-state index contributed by atoms with van der Waals surface area (Å²) in [5, 5.41) is 15.4. The minimum atomic E-state index is -1.01. The van der Waals surface area contributed by atoms with Crippen LogP contribution in [0.15, 0.2) is 91.1 Å². The van der Waals surface area contributed by atoms with E-state index in [1.807, 2.05) is 36.4 Å². The lowest BCUT2D eigenvalue weighted by atomic mass is 9.93. The van der Waals surface area contributed by atoms with Gasteiger partial charge in [-0.25, -0.2) is 4.79 Å². The van der Waals surface area contributed by atoms with E-state index < -0.39 is 17.6 Å². The predicted molar refractivity (Wildman–Crippen MR) is 149 cm³/mol. The first kappa shape index (κ1) is 25.5. The van der Waals surface area contributed by atoms with Crippen molar-refractivity contribution in [3.05, 3.63) is 102 Å². The molecule has 1 saturated carbocycles. The van der Waals surface area contributed by atoms with Gasteiger partial charge >= 0.3 is 6.09 Å². The summed E-state index contributed by atoms with van der Waals surface area (Å²) in [6.07, 6.45) is 1.80. The molecule has 1 atom stereocenters. The molecule has 2 amide bonds. The lowest BCUT2D eigenvalue weighted by Crippen LogP contribution is -2.51. The van der Waals surface area contributed by atoms with Crippen molar-refractivity contribution in [3.63, 3.8) is 0 Å². The van der Waals surface area contributed by atoms with E-state index in [2.05, 4.69) is 10.3 Å². The van der Waals surface area contributed by atoms with E-state index >= 15 is 0 Å². The number of amides is 2. The highest BCUT2D eigenvalue weighted by atomic mass is 16.7. The van der Waals surface area contributed by atoms with Crippen LogP contribution in [0.1, 0.15) is 34.8 Å². The Balaban J connectivity index is 1.12. The number of carboxylic acid groups (broad SMARTS) is 1. The zero-order valence-electron chi connectivity index (χ0n) is 21.7. The zero-order chi connectivity index (χ0) is 27.7. The van der Waals surface area contributed by atoms with Crippen LogP contribution in [0.4, 0.5) is 10.5 Å². The van der Waals surface area contributed by atoms with Crippen molar-refractivity contribution in [1.29, 1.82) is 0 Å². The number of ketones is 1. The van der Waals surface area contributed by atoms with E-state index in [4.69, 9.17) is 4.84 Å². The van der Waals surface area contributed by atoms with Gasteiger partial charge in [-0.05, 0) is 54.8 Å². The number of fused-ring (bicyclic) bond motifs is 1. The number of pyridine rings is 1. The highest BCUT2D eigenvalue weighted by molar-refractivity contribution is 6.19. The zero-order valence-corrected chi connectivity index (χ0v) is 21.7. The average Bonchev–Trinajstić information content (AvgIpc) is 3.80. The second-order valence-corrected chi connectivity index (χ2v) is 10.2. The summed E-state index contributed by atoms with van der Waals surface area (Å²) in [4.78, 5) is 49.9. The number of hydrogen-bond donors (Lipinski definition) is 2. The van der Waals surface area contributed by atoms with Gasteiger partial charge in [0.2, 0.25) is 5.91 Å². The Morgan fingerprint density at radius 3 is 2.42 bits per heavy atom. The van der Waals surface area contributed by atoms with Gasteiger partial charge in [0, 0.05) is 29.4 Å². The monoisotopic (exact) mass is 536 g/mol. The molecule has 1 aliphatic heterocycles. The predicted octanol–water partition coefficient (Wildman–Crippen LogP) is 5.17. The third kappa shape index (κ3) is 4.99. The molecule has 1 aliphatic carbocycles. The van der Waals surface area contributed by atoms with E-state index in [-0.39, 0.29) is 18.2 Å². The number of hydroxylamine groups is 2. The van der Waals surface area contributed by atoms with Gasteiger partial charge in [0.15, 0.2) is 5.78 Å². The lowest BCUT2D eigenvalue weighted by molar-refractivity contribution is -0.119. The van der Waals surface area contributed by atoms with Crippen LogP contribution in [0.5, 0.6) is 5.75 Å². The van der Waals surface area contributed by atoms with Crippen LogP contribution >= 0.6 is 0 Å². The van der Waals surface area contributed by atoms with Crippen LogP contribution in [0.3, 0.4) is 0 Å². The first-order valence-corrected chi connectivity index (χ1v) is 13.2. The van der Waals surface area contributed by atoms with E-state index in [1.165, 1.54) is 4.90 Å². The van der Waals surface area contributed by atoms with Crippen LogP contribution in [-0.4, -0.2) is 57.5 Å². The lowest BCUT2D eigenvalue weighted by Gasteiger charge is -2.39. The van der Waals surface area contributed by atoms with E-state index in [9.17, 15) is 19.5 Å². The van der Waals surface area contributed by atoms with Crippen molar-refractivity contribution in [2.75, 3.05) is 25.0 Å². The maximum Gasteiger partial charge on any atom is 0.407 e. The molecule has 40 heavy (non-hydrogen) atoms. The fourth-order valence-electron chi connectivity index (χ4n) is 5.19. The largest absolute Gasteiger partial charge is 0.465 e. The summed E-state index contributed by atoms with van der Waals surface area (Å²) < 4.78 is 0. The van der Waals surface area contributed by atoms with Crippen LogP contribution in [0.25, 0.3) is 10.9 Å². The number of piperazine rings is 1. The molecule has 1 aromatic heterocycles. The Labute approximate surface area is 231 Å². The number of benzene rings is 3. The van der Waals surface area contributed by atoms with Crippen molar-refractivity contribution < 1.29 is 24.3 Å². The van der Waals surface area contributed by atoms with Gasteiger partial charge in [0.1, 0.15) is 11.2 Å². The minimum absolute atomic E-state index is 0.150. The smallest absolute Gasteiger partial charge is 0.407 e. The molecule has 202 valence electrons. The number of carbonyl (C=O) groups is 3. The molecule has 0 bridgehead atoms. The summed E-state index contributed by atoms with van der Waals surface area (Å²) in [6.45, 7) is 1.02. The van der Waals surface area contributed by atoms with Gasteiger partial charge in [-0.15, -0.1) is 5.06 Å². The molecule has 2 fully saturated rings. The molecular formula is C31H28N4O5. The van der Waals surface area contributed by atoms with E-state index in [0.29, 0.717) is 42.9 Å². The summed E-state index contributed by atoms with van der Waals surface area (Å²) in [6, 6.07) is 25.1. The summed E-state index contributed by atoms with van der Waals surface area (Å²) >= 11 is 0. The molecule has 3 aromatic carbocycles. The Kier molecular flexibility index (Phi) is 6.65. The third-order valence-corrected chi connectivity index (χ3v) is 7.61. The number of Topliss-reactive ketones (excluding diaryl/α,β-unsaturated/α-hetero) is 1. The summed E-state index contributed by atoms with van der Waals surface area (Å²) in [5.41, 5.74) is 1.76. The van der Waals surface area contributed by atoms with E-state index in [1.54, 1.807) is 59.8 Å². The first-order chi connectivity index (χ1) is 19.4. The van der Waals surface area contributed by atoms with Crippen molar-refractivity contribution in [2.45, 2.75) is 18.9 Å². The third-order valence-electron chi connectivity index (χ3n) is 7.61. The number of nitrogens with zero attached hydrogens (tertiary/aromatic N) is 3. The fraction of sp³-hybridized carbons (Fsp3) is 0.226. The van der Waals surface area contributed by atoms with Crippen molar-refractivity contribution in [2.24, 2.45) is 5.41 Å². The van der Waals surface area contributed by atoms with Crippen molar-refractivity contribution in [3.8, 4) is 5.75 Å². The molecule has 0 spiro atoms. The number of aromatic nitrogens is 1. The SMILES string of the molecule is O=C(O)N1CCN(Oc2ccc(NC(=O)C3(C(=O)c4ccccc4)CC3)cc2)CC1c1ccc2cccnc2c1. The normalized spacial score (nSPS) is 18.2. The van der Waals surface area contributed by atoms with Gasteiger partial charge in [0.05, 0.1) is 24.6 Å².